The molecule has 2 aromatic heterocycles. The molecule has 4 N–H and O–H groups in total. The Bertz CT molecular complexity index is 1390. The summed E-state index contributed by atoms with van der Waals surface area (Å²) in [5.41, 5.74) is 3.88. The van der Waals surface area contributed by atoms with Gasteiger partial charge in [-0.15, -0.1) is 0 Å². The number of nitrogens with two attached hydrogens (primary N) is 1. The van der Waals surface area contributed by atoms with E-state index in [1.807, 2.05) is 48.5 Å². The average molecular weight is 528 g/mol. The van der Waals surface area contributed by atoms with Crippen LogP contribution in [0.5, 0.6) is 0 Å². The average Bonchev–Trinajstić information content (AvgIpc) is 3.52. The highest BCUT2D eigenvalue weighted by Crippen LogP contribution is 2.26. The summed E-state index contributed by atoms with van der Waals surface area (Å²) in [6.45, 7) is 3.81. The largest absolute Gasteiger partial charge is 0.462 e. The molecule has 4 aromatic rings. The molecular formula is C26H29N3O7S. The second-order valence-corrected chi connectivity index (χ2v) is 9.36. The molecule has 196 valence electrons. The van der Waals surface area contributed by atoms with Gasteiger partial charge in [-0.05, 0) is 42.8 Å². The third-order valence-corrected chi connectivity index (χ3v) is 5.89. The quantitative estimate of drug-likeness (QED) is 0.197. The summed E-state index contributed by atoms with van der Waals surface area (Å²) in [4.78, 5) is 22.7. The monoisotopic (exact) mass is 527 g/mol. The minimum atomic E-state index is -3.78. The van der Waals surface area contributed by atoms with Gasteiger partial charge in [-0.25, -0.2) is 18.4 Å². The Kier molecular flexibility index (Phi) is 10.0. The number of esters is 2. The van der Waals surface area contributed by atoms with E-state index in [1.54, 1.807) is 6.92 Å². The topological polar surface area (TPSA) is 150 Å². The molecular weight excluding hydrogens is 498 g/mol. The number of rotatable bonds is 11. The van der Waals surface area contributed by atoms with Crippen LogP contribution in [0.25, 0.3) is 11.2 Å². The van der Waals surface area contributed by atoms with Gasteiger partial charge >= 0.3 is 11.9 Å². The number of nitrogens with one attached hydrogen (secondary N) is 2. The molecule has 0 amide bonds. The minimum absolute atomic E-state index is 0.104. The predicted molar refractivity (Wildman–Crippen MR) is 139 cm³/mol. The SMILES string of the molecule is CCOC(=O)c1cccc(S(N)(=O)=O)c1.O=C(CNCCNc1cc2ccc1o2)OCc1ccccc1. The van der Waals surface area contributed by atoms with Crippen LogP contribution >= 0.6 is 0 Å². The first kappa shape index (κ1) is 27.7. The molecule has 11 heteroatoms. The number of carbonyl (C=O) groups excluding carboxylic acids is 2. The van der Waals surface area contributed by atoms with Crippen molar-refractivity contribution in [3.05, 3.63) is 83.9 Å². The Balaban J connectivity index is 0.000000222. The lowest BCUT2D eigenvalue weighted by Gasteiger charge is -2.07. The van der Waals surface area contributed by atoms with Gasteiger partial charge in [-0.3, -0.25) is 4.79 Å². The van der Waals surface area contributed by atoms with Crippen molar-refractivity contribution in [3.8, 4) is 0 Å². The Morgan fingerprint density at radius 3 is 2.38 bits per heavy atom. The van der Waals surface area contributed by atoms with E-state index in [0.29, 0.717) is 19.7 Å². The molecule has 0 saturated heterocycles. The number of hydrogen-bond acceptors (Lipinski definition) is 9. The lowest BCUT2D eigenvalue weighted by Crippen LogP contribution is -2.29. The zero-order valence-electron chi connectivity index (χ0n) is 20.3. The Morgan fingerprint density at radius 2 is 1.73 bits per heavy atom. The maximum absolute atomic E-state index is 11.6. The normalized spacial score (nSPS) is 11.0. The molecule has 0 aliphatic heterocycles. The Labute approximate surface area is 215 Å². The summed E-state index contributed by atoms with van der Waals surface area (Å²) in [5.74, 6) is -0.817. The number of furan rings is 2. The number of sulfonamides is 1. The standard InChI is InChI=1S/C17H18N2O3.C9H11NO4S/c20-17(21-12-13-4-2-1-3-5-13)11-18-8-9-19-15-10-14-6-7-16(15)22-14;1-2-14-9(11)7-4-3-5-8(6-7)15(10,12)13/h1-7,10,18-19H,8-9,11-12H2;3-6H,2H2,1H3,(H2,10,12,13). The van der Waals surface area contributed by atoms with Gasteiger partial charge in [0.2, 0.25) is 10.0 Å². The Morgan fingerprint density at radius 1 is 0.946 bits per heavy atom. The third-order valence-electron chi connectivity index (χ3n) is 4.98. The van der Waals surface area contributed by atoms with Crippen LogP contribution in [0.2, 0.25) is 0 Å². The van der Waals surface area contributed by atoms with Crippen LogP contribution in [0.3, 0.4) is 0 Å². The van der Waals surface area contributed by atoms with Crippen molar-refractivity contribution in [2.75, 3.05) is 31.6 Å². The van der Waals surface area contributed by atoms with E-state index in [0.717, 1.165) is 22.4 Å². The third kappa shape index (κ3) is 8.90. The molecule has 0 aliphatic carbocycles. The van der Waals surface area contributed by atoms with E-state index >= 15 is 0 Å². The van der Waals surface area contributed by atoms with Gasteiger partial charge in [0.1, 0.15) is 12.2 Å². The van der Waals surface area contributed by atoms with Crippen molar-refractivity contribution in [2.24, 2.45) is 5.14 Å². The summed E-state index contributed by atoms with van der Waals surface area (Å²) in [5, 5.41) is 11.2. The fourth-order valence-electron chi connectivity index (χ4n) is 3.21. The van der Waals surface area contributed by atoms with Crippen LogP contribution in [-0.2, 0) is 30.9 Å². The van der Waals surface area contributed by atoms with E-state index in [2.05, 4.69) is 10.6 Å². The van der Waals surface area contributed by atoms with Crippen LogP contribution in [0.15, 0.2) is 82.1 Å². The molecule has 2 aromatic carbocycles. The van der Waals surface area contributed by atoms with E-state index in [9.17, 15) is 18.0 Å². The smallest absolute Gasteiger partial charge is 0.338 e. The molecule has 0 fully saturated rings. The highest BCUT2D eigenvalue weighted by Gasteiger charge is 2.12. The molecule has 2 heterocycles. The number of anilines is 1. The zero-order chi connectivity index (χ0) is 26.7. The number of ether oxygens (including phenoxy) is 2. The predicted octanol–water partition coefficient (Wildman–Crippen LogP) is 3.13. The summed E-state index contributed by atoms with van der Waals surface area (Å²) in [6, 6.07) is 20.9. The van der Waals surface area contributed by atoms with Gasteiger partial charge < -0.3 is 24.5 Å². The highest BCUT2D eigenvalue weighted by atomic mass is 32.2. The molecule has 0 unspecified atom stereocenters. The summed E-state index contributed by atoms with van der Waals surface area (Å²) >= 11 is 0. The van der Waals surface area contributed by atoms with Gasteiger partial charge in [-0.2, -0.15) is 0 Å². The first-order chi connectivity index (χ1) is 17.8. The van der Waals surface area contributed by atoms with Crippen molar-refractivity contribution in [1.29, 1.82) is 0 Å². The number of fused-ring (bicyclic) bond motifs is 2. The second-order valence-electron chi connectivity index (χ2n) is 7.80. The maximum Gasteiger partial charge on any atom is 0.338 e. The van der Waals surface area contributed by atoms with Crippen LogP contribution < -0.4 is 15.8 Å². The number of carbonyl (C=O) groups is 2. The minimum Gasteiger partial charge on any atom is -0.462 e. The lowest BCUT2D eigenvalue weighted by atomic mass is 10.2. The molecule has 2 bridgehead atoms. The van der Waals surface area contributed by atoms with E-state index in [-0.39, 0.29) is 29.6 Å². The number of hydrogen-bond donors (Lipinski definition) is 3. The fourth-order valence-corrected chi connectivity index (χ4v) is 3.77. The molecule has 0 saturated carbocycles. The number of primary sulfonamides is 1. The van der Waals surface area contributed by atoms with E-state index in [4.69, 9.17) is 19.0 Å². The van der Waals surface area contributed by atoms with Crippen LogP contribution in [0, 0.1) is 0 Å². The van der Waals surface area contributed by atoms with Crippen molar-refractivity contribution in [2.45, 2.75) is 18.4 Å². The van der Waals surface area contributed by atoms with Crippen molar-refractivity contribution < 1.29 is 31.9 Å². The molecule has 4 rings (SSSR count). The molecule has 37 heavy (non-hydrogen) atoms. The molecule has 0 aliphatic rings. The first-order valence-corrected chi connectivity index (χ1v) is 13.1. The number of benzene rings is 3. The molecule has 0 atom stereocenters. The van der Waals surface area contributed by atoms with Gasteiger partial charge in [0.25, 0.3) is 0 Å². The Hall–Kier alpha value is -3.93. The molecule has 0 spiro atoms. The van der Waals surface area contributed by atoms with E-state index < -0.39 is 16.0 Å². The van der Waals surface area contributed by atoms with Crippen molar-refractivity contribution >= 4 is 38.8 Å². The van der Waals surface area contributed by atoms with Crippen LogP contribution in [0.4, 0.5) is 5.69 Å². The highest BCUT2D eigenvalue weighted by molar-refractivity contribution is 7.89. The first-order valence-electron chi connectivity index (χ1n) is 11.5. The van der Waals surface area contributed by atoms with Crippen molar-refractivity contribution in [3.63, 3.8) is 0 Å². The van der Waals surface area contributed by atoms with Crippen LogP contribution in [0.1, 0.15) is 22.8 Å². The van der Waals surface area contributed by atoms with Gasteiger partial charge in [0.15, 0.2) is 5.58 Å². The lowest BCUT2D eigenvalue weighted by molar-refractivity contribution is -0.143. The van der Waals surface area contributed by atoms with Crippen LogP contribution in [-0.4, -0.2) is 46.6 Å². The van der Waals surface area contributed by atoms with Gasteiger partial charge in [0.05, 0.1) is 29.3 Å². The zero-order valence-corrected chi connectivity index (χ0v) is 21.1. The molecule has 0 radical (unpaired) electrons. The van der Waals surface area contributed by atoms with E-state index in [1.165, 1.54) is 24.3 Å². The van der Waals surface area contributed by atoms with Crippen molar-refractivity contribution in [1.82, 2.24) is 5.32 Å². The van der Waals surface area contributed by atoms with Gasteiger partial charge in [-0.1, -0.05) is 36.4 Å². The maximum atomic E-state index is 11.6. The summed E-state index contributed by atoms with van der Waals surface area (Å²) in [7, 11) is -3.78. The fraction of sp³-hybridized carbons (Fsp3) is 0.231. The van der Waals surface area contributed by atoms with Gasteiger partial charge in [0, 0.05) is 19.2 Å². The molecule has 10 nitrogen and oxygen atoms in total. The second kappa shape index (κ2) is 13.4. The summed E-state index contributed by atoms with van der Waals surface area (Å²) in [6.07, 6.45) is 0. The summed E-state index contributed by atoms with van der Waals surface area (Å²) < 4.78 is 37.3.